The molecule has 0 saturated carbocycles. The van der Waals surface area contributed by atoms with Crippen LogP contribution in [0.15, 0.2) is 23.0 Å². The molecule has 2 aromatic rings. The number of aromatic nitrogens is 2. The second-order valence-electron chi connectivity index (χ2n) is 5.01. The lowest BCUT2D eigenvalue weighted by molar-refractivity contribution is 0.332. The normalized spacial score (nSPS) is 16.9. The molecule has 1 aromatic carbocycles. The summed E-state index contributed by atoms with van der Waals surface area (Å²) in [7, 11) is 0. The first-order chi connectivity index (χ1) is 9.16. The minimum atomic E-state index is -0.0324. The third-order valence-corrected chi connectivity index (χ3v) is 3.96. The van der Waals surface area contributed by atoms with Crippen molar-refractivity contribution in [3.63, 3.8) is 0 Å². The molecule has 0 aliphatic carbocycles. The maximum absolute atomic E-state index is 12.6. The smallest absolute Gasteiger partial charge is 0.274 e. The van der Waals surface area contributed by atoms with Crippen molar-refractivity contribution in [1.82, 2.24) is 15.1 Å². The molecule has 0 amide bonds. The van der Waals surface area contributed by atoms with E-state index in [0.717, 1.165) is 37.0 Å². The molecule has 0 bridgehead atoms. The maximum Gasteiger partial charge on any atom is 0.274 e. The fourth-order valence-electron chi connectivity index (χ4n) is 2.69. The first kappa shape index (κ1) is 12.6. The van der Waals surface area contributed by atoms with Gasteiger partial charge in [-0.05, 0) is 45.0 Å². The van der Waals surface area contributed by atoms with E-state index in [0.29, 0.717) is 10.4 Å². The first-order valence-electron chi connectivity index (χ1n) is 6.56. The van der Waals surface area contributed by atoms with Crippen LogP contribution in [-0.2, 0) is 0 Å². The van der Waals surface area contributed by atoms with Gasteiger partial charge in [-0.1, -0.05) is 17.7 Å². The van der Waals surface area contributed by atoms with Crippen molar-refractivity contribution in [3.8, 4) is 0 Å². The van der Waals surface area contributed by atoms with Crippen LogP contribution in [0.1, 0.15) is 24.6 Å². The monoisotopic (exact) mass is 277 g/mol. The molecule has 100 valence electrons. The molecule has 0 radical (unpaired) electrons. The van der Waals surface area contributed by atoms with Gasteiger partial charge in [0.15, 0.2) is 0 Å². The first-order valence-corrected chi connectivity index (χ1v) is 6.94. The second kappa shape index (κ2) is 4.94. The zero-order valence-corrected chi connectivity index (χ0v) is 11.6. The summed E-state index contributed by atoms with van der Waals surface area (Å²) < 4.78 is 1.65. The third-order valence-electron chi connectivity index (χ3n) is 3.72. The topological polar surface area (TPSA) is 46.9 Å². The average Bonchev–Trinajstić information content (AvgIpc) is 2.43. The van der Waals surface area contributed by atoms with Gasteiger partial charge in [0, 0.05) is 10.4 Å². The minimum absolute atomic E-state index is 0.0324. The van der Waals surface area contributed by atoms with Crippen LogP contribution in [0, 0.1) is 6.92 Å². The van der Waals surface area contributed by atoms with Crippen molar-refractivity contribution in [3.05, 3.63) is 39.3 Å². The van der Waals surface area contributed by atoms with E-state index in [1.807, 2.05) is 13.0 Å². The van der Waals surface area contributed by atoms with E-state index < -0.39 is 0 Å². The fraction of sp³-hybridized carbons (Fsp3) is 0.429. The summed E-state index contributed by atoms with van der Waals surface area (Å²) in [6.07, 6.45) is 1.89. The lowest BCUT2D eigenvalue weighted by Gasteiger charge is -2.24. The maximum atomic E-state index is 12.6. The number of hydrogen-bond donors (Lipinski definition) is 1. The van der Waals surface area contributed by atoms with Crippen LogP contribution in [0.5, 0.6) is 0 Å². The van der Waals surface area contributed by atoms with Crippen LogP contribution >= 0.6 is 11.6 Å². The number of rotatable bonds is 1. The van der Waals surface area contributed by atoms with Crippen molar-refractivity contribution in [1.29, 1.82) is 0 Å². The molecule has 1 saturated heterocycles. The van der Waals surface area contributed by atoms with Crippen molar-refractivity contribution < 1.29 is 0 Å². The molecule has 1 N–H and O–H groups in total. The van der Waals surface area contributed by atoms with E-state index in [2.05, 4.69) is 10.4 Å². The highest BCUT2D eigenvalue weighted by Crippen LogP contribution is 2.21. The highest BCUT2D eigenvalue weighted by molar-refractivity contribution is 6.31. The molecule has 0 unspecified atom stereocenters. The number of hydrogen-bond acceptors (Lipinski definition) is 3. The highest BCUT2D eigenvalue weighted by atomic mass is 35.5. The molecule has 1 aliphatic heterocycles. The number of aryl methyl sites for hydroxylation is 1. The highest BCUT2D eigenvalue weighted by Gasteiger charge is 2.19. The quantitative estimate of drug-likeness (QED) is 0.870. The van der Waals surface area contributed by atoms with Gasteiger partial charge in [-0.15, -0.1) is 0 Å². The SMILES string of the molecule is Cc1nn(C2CCNCC2)c(=O)c2cc(Cl)ccc12. The lowest BCUT2D eigenvalue weighted by Crippen LogP contribution is -2.36. The Balaban J connectivity index is 2.20. The molecule has 1 aromatic heterocycles. The van der Waals surface area contributed by atoms with E-state index in [-0.39, 0.29) is 11.6 Å². The van der Waals surface area contributed by atoms with E-state index in [1.165, 1.54) is 0 Å². The summed E-state index contributed by atoms with van der Waals surface area (Å²) in [6, 6.07) is 5.60. The molecule has 0 spiro atoms. The molecule has 2 heterocycles. The van der Waals surface area contributed by atoms with Crippen LogP contribution in [-0.4, -0.2) is 22.9 Å². The van der Waals surface area contributed by atoms with Gasteiger partial charge in [-0.2, -0.15) is 5.10 Å². The van der Waals surface area contributed by atoms with Crippen LogP contribution < -0.4 is 10.9 Å². The Morgan fingerprint density at radius 3 is 2.79 bits per heavy atom. The summed E-state index contributed by atoms with van der Waals surface area (Å²) in [5, 5.41) is 9.93. The van der Waals surface area contributed by atoms with Crippen LogP contribution in [0.2, 0.25) is 5.02 Å². The molecule has 3 rings (SSSR count). The van der Waals surface area contributed by atoms with Gasteiger partial charge in [-0.3, -0.25) is 4.79 Å². The van der Waals surface area contributed by atoms with Crippen LogP contribution in [0.25, 0.3) is 10.8 Å². The van der Waals surface area contributed by atoms with E-state index in [9.17, 15) is 4.79 Å². The molecular weight excluding hydrogens is 262 g/mol. The average molecular weight is 278 g/mol. The number of fused-ring (bicyclic) bond motifs is 1. The minimum Gasteiger partial charge on any atom is -0.317 e. The molecule has 4 nitrogen and oxygen atoms in total. The Morgan fingerprint density at radius 1 is 1.32 bits per heavy atom. The van der Waals surface area contributed by atoms with Crippen molar-refractivity contribution >= 4 is 22.4 Å². The number of nitrogens with zero attached hydrogens (tertiary/aromatic N) is 2. The molecule has 5 heteroatoms. The number of nitrogens with one attached hydrogen (secondary N) is 1. The summed E-state index contributed by atoms with van der Waals surface area (Å²) in [5.41, 5.74) is 0.847. The van der Waals surface area contributed by atoms with Gasteiger partial charge in [0.1, 0.15) is 0 Å². The summed E-state index contributed by atoms with van der Waals surface area (Å²) in [6.45, 7) is 3.81. The number of benzene rings is 1. The molecule has 1 aliphatic rings. The Kier molecular flexibility index (Phi) is 3.29. The van der Waals surface area contributed by atoms with Gasteiger partial charge in [0.05, 0.1) is 17.1 Å². The van der Waals surface area contributed by atoms with Gasteiger partial charge in [0.2, 0.25) is 0 Å². The van der Waals surface area contributed by atoms with Gasteiger partial charge in [-0.25, -0.2) is 4.68 Å². The Bertz CT molecular complexity index is 674. The molecule has 19 heavy (non-hydrogen) atoms. The van der Waals surface area contributed by atoms with Crippen LogP contribution in [0.3, 0.4) is 0 Å². The van der Waals surface area contributed by atoms with Crippen LogP contribution in [0.4, 0.5) is 0 Å². The van der Waals surface area contributed by atoms with Crippen molar-refractivity contribution in [2.75, 3.05) is 13.1 Å². The Hall–Kier alpha value is -1.39. The summed E-state index contributed by atoms with van der Waals surface area (Å²) in [5.74, 6) is 0. The zero-order chi connectivity index (χ0) is 13.4. The Labute approximate surface area is 116 Å². The van der Waals surface area contributed by atoms with E-state index in [4.69, 9.17) is 11.6 Å². The summed E-state index contributed by atoms with van der Waals surface area (Å²) >= 11 is 6.00. The van der Waals surface area contributed by atoms with Crippen molar-refractivity contribution in [2.24, 2.45) is 0 Å². The standard InChI is InChI=1S/C14H16ClN3O/c1-9-12-3-2-10(15)8-13(12)14(19)18(17-9)11-4-6-16-7-5-11/h2-3,8,11,16H,4-7H2,1H3. The van der Waals surface area contributed by atoms with Gasteiger partial charge < -0.3 is 5.32 Å². The third kappa shape index (κ3) is 2.26. The molecule has 0 atom stereocenters. The van der Waals surface area contributed by atoms with E-state index >= 15 is 0 Å². The fourth-order valence-corrected chi connectivity index (χ4v) is 2.86. The molecular formula is C14H16ClN3O. The number of halogens is 1. The van der Waals surface area contributed by atoms with Crippen molar-refractivity contribution in [2.45, 2.75) is 25.8 Å². The predicted molar refractivity (Wildman–Crippen MR) is 76.9 cm³/mol. The van der Waals surface area contributed by atoms with E-state index in [1.54, 1.807) is 16.8 Å². The zero-order valence-electron chi connectivity index (χ0n) is 10.8. The van der Waals surface area contributed by atoms with Gasteiger partial charge in [0.25, 0.3) is 5.56 Å². The molecule has 1 fully saturated rings. The predicted octanol–water partition coefficient (Wildman–Crippen LogP) is 2.28. The number of piperidine rings is 1. The Morgan fingerprint density at radius 2 is 2.05 bits per heavy atom. The largest absolute Gasteiger partial charge is 0.317 e. The summed E-state index contributed by atoms with van der Waals surface area (Å²) in [4.78, 5) is 12.6. The second-order valence-corrected chi connectivity index (χ2v) is 5.44. The lowest BCUT2D eigenvalue weighted by atomic mass is 10.1. The van der Waals surface area contributed by atoms with Gasteiger partial charge >= 0.3 is 0 Å².